The third kappa shape index (κ3) is 1.57. The molecule has 58 valence electrons. The minimum atomic E-state index is 1.20. The third-order valence-electron chi connectivity index (χ3n) is 1.78. The molecule has 0 radical (unpaired) electrons. The van der Waals surface area contributed by atoms with Crippen LogP contribution in [0.25, 0.3) is 0 Å². The molecule has 0 unspecified atom stereocenters. The molecule has 0 aromatic heterocycles. The van der Waals surface area contributed by atoms with Gasteiger partial charge in [0.2, 0.25) is 0 Å². The van der Waals surface area contributed by atoms with Crippen molar-refractivity contribution in [1.29, 1.82) is 0 Å². The first-order chi connectivity index (χ1) is 5.36. The Kier molecular flexibility index (Phi) is 2.14. The van der Waals surface area contributed by atoms with Crippen LogP contribution < -0.4 is 0 Å². The Morgan fingerprint density at radius 3 is 3.18 bits per heavy atom. The number of benzene rings is 1. The predicted octanol–water partition coefficient (Wildman–Crippen LogP) is 3.29. The van der Waals surface area contributed by atoms with Gasteiger partial charge in [0.25, 0.3) is 0 Å². The van der Waals surface area contributed by atoms with E-state index < -0.39 is 0 Å². The molecule has 2 rings (SSSR count). The van der Waals surface area contributed by atoms with Crippen LogP contribution in [-0.4, -0.2) is 5.08 Å². The lowest BCUT2D eigenvalue weighted by molar-refractivity contribution is 1.23. The van der Waals surface area contributed by atoms with Crippen LogP contribution in [-0.2, 0) is 5.75 Å². The van der Waals surface area contributed by atoms with Gasteiger partial charge in [-0.25, -0.2) is 0 Å². The predicted molar refractivity (Wildman–Crippen MR) is 53.2 cm³/mol. The molecule has 1 aromatic rings. The summed E-state index contributed by atoms with van der Waals surface area (Å²) in [5.41, 5.74) is 2.89. The molecular formula is C9H10S2. The van der Waals surface area contributed by atoms with Crippen molar-refractivity contribution in [2.75, 3.05) is 5.08 Å². The van der Waals surface area contributed by atoms with Gasteiger partial charge in [-0.15, -0.1) is 23.5 Å². The van der Waals surface area contributed by atoms with E-state index in [0.717, 1.165) is 0 Å². The van der Waals surface area contributed by atoms with E-state index in [1.54, 1.807) is 0 Å². The molecule has 0 amide bonds. The first-order valence-electron chi connectivity index (χ1n) is 3.66. The molecule has 0 spiro atoms. The Bertz CT molecular complexity index is 268. The average molecular weight is 182 g/mol. The van der Waals surface area contributed by atoms with Gasteiger partial charge in [0.15, 0.2) is 0 Å². The molecule has 0 aliphatic carbocycles. The second-order valence-electron chi connectivity index (χ2n) is 2.72. The highest BCUT2D eigenvalue weighted by Gasteiger charge is 2.08. The van der Waals surface area contributed by atoms with Crippen molar-refractivity contribution in [3.05, 3.63) is 29.3 Å². The van der Waals surface area contributed by atoms with Crippen molar-refractivity contribution in [3.63, 3.8) is 0 Å². The number of hydrogen-bond donors (Lipinski definition) is 0. The smallest absolute Gasteiger partial charge is 0.0442 e. The summed E-state index contributed by atoms with van der Waals surface area (Å²) < 4.78 is 0. The second-order valence-corrected chi connectivity index (χ2v) is 5.09. The maximum absolute atomic E-state index is 2.29. The Morgan fingerprint density at radius 1 is 1.36 bits per heavy atom. The summed E-state index contributed by atoms with van der Waals surface area (Å²) in [7, 11) is 0. The summed E-state index contributed by atoms with van der Waals surface area (Å²) in [4.78, 5) is 1.49. The summed E-state index contributed by atoms with van der Waals surface area (Å²) in [6, 6.07) is 6.74. The van der Waals surface area contributed by atoms with Gasteiger partial charge in [-0.3, -0.25) is 0 Å². The standard InChI is InChI=1S/C9H10S2/c1-7-2-3-8-5-10-6-11-9(8)4-7/h2-4H,5-6H2,1H3. The number of hydrogen-bond acceptors (Lipinski definition) is 2. The van der Waals surface area contributed by atoms with E-state index in [1.165, 1.54) is 26.9 Å². The summed E-state index contributed by atoms with van der Waals surface area (Å²) in [6.07, 6.45) is 0. The summed E-state index contributed by atoms with van der Waals surface area (Å²) in [6.45, 7) is 2.16. The van der Waals surface area contributed by atoms with Crippen LogP contribution in [0.1, 0.15) is 11.1 Å². The lowest BCUT2D eigenvalue weighted by atomic mass is 10.2. The molecular weight excluding hydrogens is 172 g/mol. The fourth-order valence-electron chi connectivity index (χ4n) is 1.17. The molecule has 1 heterocycles. The maximum atomic E-state index is 2.29. The van der Waals surface area contributed by atoms with Crippen molar-refractivity contribution < 1.29 is 0 Å². The number of fused-ring (bicyclic) bond motifs is 1. The van der Waals surface area contributed by atoms with E-state index in [2.05, 4.69) is 25.1 Å². The summed E-state index contributed by atoms with van der Waals surface area (Å²) >= 11 is 3.97. The molecule has 0 saturated heterocycles. The van der Waals surface area contributed by atoms with Crippen LogP contribution in [0.5, 0.6) is 0 Å². The largest absolute Gasteiger partial charge is 0.146 e. The molecule has 1 aromatic carbocycles. The first kappa shape index (κ1) is 7.56. The van der Waals surface area contributed by atoms with E-state index >= 15 is 0 Å². The van der Waals surface area contributed by atoms with E-state index in [1.807, 2.05) is 23.5 Å². The molecule has 11 heavy (non-hydrogen) atoms. The van der Waals surface area contributed by atoms with Crippen molar-refractivity contribution in [1.82, 2.24) is 0 Å². The number of rotatable bonds is 0. The highest BCUT2D eigenvalue weighted by Crippen LogP contribution is 2.35. The minimum absolute atomic E-state index is 1.20. The van der Waals surface area contributed by atoms with Crippen LogP contribution in [0.3, 0.4) is 0 Å². The van der Waals surface area contributed by atoms with Crippen LogP contribution in [0.15, 0.2) is 23.1 Å². The molecule has 0 nitrogen and oxygen atoms in total. The highest BCUT2D eigenvalue weighted by molar-refractivity contribution is 8.16. The zero-order valence-electron chi connectivity index (χ0n) is 6.46. The Balaban J connectivity index is 2.43. The Morgan fingerprint density at radius 2 is 2.27 bits per heavy atom. The van der Waals surface area contributed by atoms with Gasteiger partial charge in [-0.2, -0.15) is 0 Å². The molecule has 2 heteroatoms. The van der Waals surface area contributed by atoms with Crippen molar-refractivity contribution in [2.45, 2.75) is 17.6 Å². The van der Waals surface area contributed by atoms with Crippen LogP contribution in [0.2, 0.25) is 0 Å². The second kappa shape index (κ2) is 3.11. The van der Waals surface area contributed by atoms with Gasteiger partial charge in [-0.1, -0.05) is 12.1 Å². The van der Waals surface area contributed by atoms with Gasteiger partial charge < -0.3 is 0 Å². The van der Waals surface area contributed by atoms with E-state index in [4.69, 9.17) is 0 Å². The zero-order chi connectivity index (χ0) is 7.68. The van der Waals surface area contributed by atoms with E-state index in [9.17, 15) is 0 Å². The van der Waals surface area contributed by atoms with Gasteiger partial charge >= 0.3 is 0 Å². The summed E-state index contributed by atoms with van der Waals surface area (Å²) in [5.74, 6) is 1.20. The molecule has 0 bridgehead atoms. The SMILES string of the molecule is Cc1ccc2c(c1)SCSC2. The van der Waals surface area contributed by atoms with Crippen LogP contribution >= 0.6 is 23.5 Å². The molecule has 0 atom stereocenters. The van der Waals surface area contributed by atoms with Gasteiger partial charge in [-0.05, 0) is 24.1 Å². The van der Waals surface area contributed by atoms with E-state index in [0.29, 0.717) is 0 Å². The Labute approximate surface area is 75.8 Å². The molecule has 1 aliphatic heterocycles. The topological polar surface area (TPSA) is 0 Å². The quantitative estimate of drug-likeness (QED) is 0.604. The third-order valence-corrected chi connectivity index (χ3v) is 4.12. The lowest BCUT2D eigenvalue weighted by Crippen LogP contribution is -1.92. The molecule has 1 aliphatic rings. The highest BCUT2D eigenvalue weighted by atomic mass is 32.2. The summed E-state index contributed by atoms with van der Waals surface area (Å²) in [5, 5.41) is 1.22. The van der Waals surface area contributed by atoms with Crippen molar-refractivity contribution in [2.24, 2.45) is 0 Å². The first-order valence-corrected chi connectivity index (χ1v) is 5.80. The van der Waals surface area contributed by atoms with Gasteiger partial charge in [0.1, 0.15) is 0 Å². The number of aryl methyl sites for hydroxylation is 1. The lowest BCUT2D eigenvalue weighted by Gasteiger charge is -2.14. The van der Waals surface area contributed by atoms with Gasteiger partial charge in [0.05, 0.1) is 0 Å². The monoisotopic (exact) mass is 182 g/mol. The normalized spacial score (nSPS) is 16.1. The Hall–Kier alpha value is -0.0800. The van der Waals surface area contributed by atoms with Crippen LogP contribution in [0.4, 0.5) is 0 Å². The van der Waals surface area contributed by atoms with Gasteiger partial charge in [0, 0.05) is 15.7 Å². The van der Waals surface area contributed by atoms with E-state index in [-0.39, 0.29) is 0 Å². The maximum Gasteiger partial charge on any atom is 0.0442 e. The minimum Gasteiger partial charge on any atom is -0.146 e. The number of thioether (sulfide) groups is 2. The van der Waals surface area contributed by atoms with Crippen LogP contribution in [0, 0.1) is 6.92 Å². The van der Waals surface area contributed by atoms with Crippen molar-refractivity contribution in [3.8, 4) is 0 Å². The fraction of sp³-hybridized carbons (Fsp3) is 0.333. The average Bonchev–Trinajstić information content (AvgIpc) is 2.04. The molecule has 0 N–H and O–H groups in total. The molecule has 0 fully saturated rings. The molecule has 0 saturated carbocycles. The zero-order valence-corrected chi connectivity index (χ0v) is 8.10. The fourth-order valence-corrected chi connectivity index (χ4v) is 3.50. The van der Waals surface area contributed by atoms with Crippen molar-refractivity contribution >= 4 is 23.5 Å².